The van der Waals surface area contributed by atoms with Gasteiger partial charge in [-0.05, 0) is 24.6 Å². The van der Waals surface area contributed by atoms with Gasteiger partial charge in [0.25, 0.3) is 0 Å². The monoisotopic (exact) mass is 296 g/mol. The van der Waals surface area contributed by atoms with Gasteiger partial charge in [-0.3, -0.25) is 9.48 Å². The number of carbonyl (C=O) groups is 1. The van der Waals surface area contributed by atoms with Crippen molar-refractivity contribution in [3.05, 3.63) is 51.3 Å². The van der Waals surface area contributed by atoms with Crippen LogP contribution in [-0.2, 0) is 19.9 Å². The van der Waals surface area contributed by atoms with Gasteiger partial charge in [-0.2, -0.15) is 5.10 Å². The molecular formula is C14H14Cl2N2O. The van der Waals surface area contributed by atoms with E-state index in [0.717, 1.165) is 17.8 Å². The third-order valence-electron chi connectivity index (χ3n) is 2.97. The number of hydrogen-bond acceptors (Lipinski definition) is 2. The van der Waals surface area contributed by atoms with E-state index in [1.807, 2.05) is 20.0 Å². The van der Waals surface area contributed by atoms with E-state index < -0.39 is 0 Å². The molecule has 0 radical (unpaired) electrons. The van der Waals surface area contributed by atoms with Crippen LogP contribution in [0.3, 0.4) is 0 Å². The zero-order valence-corrected chi connectivity index (χ0v) is 12.3. The number of carbonyl (C=O) groups excluding carboxylic acids is 1. The van der Waals surface area contributed by atoms with Gasteiger partial charge in [0, 0.05) is 12.7 Å². The van der Waals surface area contributed by atoms with Gasteiger partial charge < -0.3 is 0 Å². The average Bonchev–Trinajstić information content (AvgIpc) is 2.70. The summed E-state index contributed by atoms with van der Waals surface area (Å²) in [6.07, 6.45) is 1.09. The van der Waals surface area contributed by atoms with Gasteiger partial charge in [0.2, 0.25) is 0 Å². The Morgan fingerprint density at radius 3 is 2.47 bits per heavy atom. The molecule has 0 atom stereocenters. The van der Waals surface area contributed by atoms with Gasteiger partial charge in [0.15, 0.2) is 5.78 Å². The second-order valence-electron chi connectivity index (χ2n) is 4.30. The van der Waals surface area contributed by atoms with Crippen LogP contribution < -0.4 is 0 Å². The fraction of sp³-hybridized carbons (Fsp3) is 0.286. The number of nitrogens with zero attached hydrogens (tertiary/aromatic N) is 2. The Labute approximate surface area is 122 Å². The molecule has 0 N–H and O–H groups in total. The number of aromatic nitrogens is 2. The minimum Gasteiger partial charge on any atom is -0.294 e. The van der Waals surface area contributed by atoms with E-state index in [0.29, 0.717) is 15.6 Å². The summed E-state index contributed by atoms with van der Waals surface area (Å²) in [5.74, 6) is -0.0961. The molecule has 0 unspecified atom stereocenters. The van der Waals surface area contributed by atoms with Crippen LogP contribution in [0.25, 0.3) is 0 Å². The van der Waals surface area contributed by atoms with E-state index in [-0.39, 0.29) is 12.2 Å². The van der Waals surface area contributed by atoms with Crippen LogP contribution in [0.2, 0.25) is 10.0 Å². The molecule has 0 bridgehead atoms. The first-order valence-electron chi connectivity index (χ1n) is 6.02. The van der Waals surface area contributed by atoms with Gasteiger partial charge in [0.1, 0.15) is 0 Å². The largest absolute Gasteiger partial charge is 0.294 e. The van der Waals surface area contributed by atoms with Crippen LogP contribution in [0, 0.1) is 0 Å². The van der Waals surface area contributed by atoms with E-state index in [1.54, 1.807) is 22.9 Å². The molecule has 1 aromatic carbocycles. The topological polar surface area (TPSA) is 34.9 Å². The van der Waals surface area contributed by atoms with Crippen LogP contribution in [0.15, 0.2) is 24.3 Å². The first-order chi connectivity index (χ1) is 9.02. The minimum atomic E-state index is -0.0961. The van der Waals surface area contributed by atoms with Gasteiger partial charge >= 0.3 is 0 Å². The Bertz CT molecular complexity index is 600. The summed E-state index contributed by atoms with van der Waals surface area (Å²) in [4.78, 5) is 12.3. The lowest BCUT2D eigenvalue weighted by molar-refractivity contribution is 0.0991. The molecule has 3 nitrogen and oxygen atoms in total. The maximum atomic E-state index is 12.3. The summed E-state index contributed by atoms with van der Waals surface area (Å²) in [5.41, 5.74) is 2.21. The van der Waals surface area contributed by atoms with Crippen molar-refractivity contribution in [3.63, 3.8) is 0 Å². The van der Waals surface area contributed by atoms with Crippen LogP contribution >= 0.6 is 23.2 Å². The fourth-order valence-electron chi connectivity index (χ4n) is 1.93. The SMILES string of the molecule is CCc1cc(CC(=O)c2c(Cl)cccc2Cl)n(C)n1. The molecule has 0 fully saturated rings. The molecule has 19 heavy (non-hydrogen) atoms. The molecule has 100 valence electrons. The Morgan fingerprint density at radius 2 is 1.95 bits per heavy atom. The van der Waals surface area contributed by atoms with Crippen molar-refractivity contribution in [3.8, 4) is 0 Å². The zero-order chi connectivity index (χ0) is 14.0. The van der Waals surface area contributed by atoms with Crippen molar-refractivity contribution in [1.82, 2.24) is 9.78 Å². The maximum absolute atomic E-state index is 12.3. The number of hydrogen-bond donors (Lipinski definition) is 0. The first-order valence-corrected chi connectivity index (χ1v) is 6.77. The molecule has 0 aliphatic heterocycles. The van der Waals surface area contributed by atoms with Gasteiger partial charge in [-0.15, -0.1) is 0 Å². The molecule has 0 saturated carbocycles. The van der Waals surface area contributed by atoms with E-state index >= 15 is 0 Å². The third-order valence-corrected chi connectivity index (χ3v) is 3.60. The molecule has 0 amide bonds. The summed E-state index contributed by atoms with van der Waals surface area (Å²) >= 11 is 12.1. The average molecular weight is 297 g/mol. The van der Waals surface area contributed by atoms with Crippen molar-refractivity contribution in [1.29, 1.82) is 0 Å². The zero-order valence-electron chi connectivity index (χ0n) is 10.8. The van der Waals surface area contributed by atoms with Gasteiger partial charge in [0.05, 0.1) is 27.7 Å². The van der Waals surface area contributed by atoms with E-state index in [4.69, 9.17) is 23.2 Å². The normalized spacial score (nSPS) is 10.7. The predicted molar refractivity (Wildman–Crippen MR) is 77.1 cm³/mol. The molecule has 2 aromatic rings. The highest BCUT2D eigenvalue weighted by molar-refractivity contribution is 6.39. The molecule has 0 aliphatic carbocycles. The number of halogens is 2. The van der Waals surface area contributed by atoms with Crippen LogP contribution in [0.5, 0.6) is 0 Å². The van der Waals surface area contributed by atoms with E-state index in [1.165, 1.54) is 0 Å². The van der Waals surface area contributed by atoms with Crippen molar-refractivity contribution in [2.45, 2.75) is 19.8 Å². The van der Waals surface area contributed by atoms with E-state index in [9.17, 15) is 4.79 Å². The lowest BCUT2D eigenvalue weighted by Gasteiger charge is -2.06. The van der Waals surface area contributed by atoms with Crippen molar-refractivity contribution >= 4 is 29.0 Å². The Morgan fingerprint density at radius 1 is 1.32 bits per heavy atom. The Balaban J connectivity index is 2.28. The quantitative estimate of drug-likeness (QED) is 0.806. The number of ketones is 1. The van der Waals surface area contributed by atoms with Gasteiger partial charge in [-0.1, -0.05) is 36.2 Å². The highest BCUT2D eigenvalue weighted by Gasteiger charge is 2.17. The molecule has 1 aromatic heterocycles. The third kappa shape index (κ3) is 2.99. The second kappa shape index (κ2) is 5.76. The Kier molecular flexibility index (Phi) is 4.27. The molecule has 0 spiro atoms. The number of Topliss-reactive ketones (excluding diaryl/α,β-unsaturated/α-hetero) is 1. The summed E-state index contributed by atoms with van der Waals surface area (Å²) in [7, 11) is 1.83. The maximum Gasteiger partial charge on any atom is 0.171 e. The lowest BCUT2D eigenvalue weighted by Crippen LogP contribution is -2.09. The van der Waals surface area contributed by atoms with E-state index in [2.05, 4.69) is 5.10 Å². The van der Waals surface area contributed by atoms with Crippen molar-refractivity contribution in [2.24, 2.45) is 7.05 Å². The summed E-state index contributed by atoms with van der Waals surface area (Å²) in [6, 6.07) is 6.99. The summed E-state index contributed by atoms with van der Waals surface area (Å²) < 4.78 is 1.72. The number of benzene rings is 1. The second-order valence-corrected chi connectivity index (χ2v) is 5.12. The van der Waals surface area contributed by atoms with Crippen LogP contribution in [-0.4, -0.2) is 15.6 Å². The first kappa shape index (κ1) is 14.1. The molecule has 0 aliphatic rings. The Hall–Kier alpha value is -1.32. The van der Waals surface area contributed by atoms with Crippen LogP contribution in [0.1, 0.15) is 28.7 Å². The highest BCUT2D eigenvalue weighted by atomic mass is 35.5. The van der Waals surface area contributed by atoms with Crippen molar-refractivity contribution < 1.29 is 4.79 Å². The molecule has 1 heterocycles. The molecule has 0 saturated heterocycles. The summed E-state index contributed by atoms with van der Waals surface area (Å²) in [6.45, 7) is 2.03. The number of rotatable bonds is 4. The lowest BCUT2D eigenvalue weighted by atomic mass is 10.1. The minimum absolute atomic E-state index is 0.0961. The smallest absolute Gasteiger partial charge is 0.171 e. The molecule has 2 rings (SSSR count). The molecular weight excluding hydrogens is 283 g/mol. The van der Waals surface area contributed by atoms with Crippen LogP contribution in [0.4, 0.5) is 0 Å². The van der Waals surface area contributed by atoms with Crippen molar-refractivity contribution in [2.75, 3.05) is 0 Å². The highest BCUT2D eigenvalue weighted by Crippen LogP contribution is 2.25. The fourth-order valence-corrected chi connectivity index (χ4v) is 2.54. The number of aryl methyl sites for hydroxylation is 2. The predicted octanol–water partition coefficient (Wildman–Crippen LogP) is 3.71. The summed E-state index contributed by atoms with van der Waals surface area (Å²) in [5, 5.41) is 5.09. The standard InChI is InChI=1S/C14H14Cl2N2O/c1-3-9-7-10(18(2)17-9)8-13(19)14-11(15)5-4-6-12(14)16/h4-7H,3,8H2,1-2H3. The molecule has 5 heteroatoms. The van der Waals surface area contributed by atoms with Gasteiger partial charge in [-0.25, -0.2) is 0 Å².